The van der Waals surface area contributed by atoms with E-state index in [-0.39, 0.29) is 10.8 Å². The molecule has 0 bridgehead atoms. The molecular formula is C8H7ClFNO2. The Morgan fingerprint density at radius 1 is 1.62 bits per heavy atom. The number of benzene rings is 1. The Morgan fingerprint density at radius 2 is 2.23 bits per heavy atom. The van der Waals surface area contributed by atoms with Gasteiger partial charge in [0.25, 0.3) is 0 Å². The van der Waals surface area contributed by atoms with Crippen LogP contribution in [0.3, 0.4) is 0 Å². The van der Waals surface area contributed by atoms with Crippen LogP contribution in [0.4, 0.5) is 9.18 Å². The minimum Gasteiger partial charge on any atom is -0.407 e. The summed E-state index contributed by atoms with van der Waals surface area (Å²) < 4.78 is 17.4. The van der Waals surface area contributed by atoms with E-state index in [4.69, 9.17) is 17.3 Å². The second kappa shape index (κ2) is 3.62. The normalized spacial score (nSPS) is 9.77. The van der Waals surface area contributed by atoms with E-state index in [1.807, 2.05) is 0 Å². The highest BCUT2D eigenvalue weighted by Gasteiger charge is 2.09. The molecule has 0 saturated heterocycles. The summed E-state index contributed by atoms with van der Waals surface area (Å²) in [4.78, 5) is 10.3. The van der Waals surface area contributed by atoms with Crippen molar-refractivity contribution in [3.05, 3.63) is 28.5 Å². The summed E-state index contributed by atoms with van der Waals surface area (Å²) in [7, 11) is 0. The molecular weight excluding hydrogens is 197 g/mol. The van der Waals surface area contributed by atoms with Gasteiger partial charge in [0.1, 0.15) is 0 Å². The monoisotopic (exact) mass is 203 g/mol. The summed E-state index contributed by atoms with van der Waals surface area (Å²) in [5.74, 6) is -0.927. The highest BCUT2D eigenvalue weighted by Crippen LogP contribution is 2.25. The van der Waals surface area contributed by atoms with E-state index in [1.165, 1.54) is 6.07 Å². The van der Waals surface area contributed by atoms with Crippen molar-refractivity contribution in [3.8, 4) is 5.75 Å². The smallest absolute Gasteiger partial charge is 0.407 e. The number of nitrogens with two attached hydrogens (primary N) is 1. The molecule has 0 saturated carbocycles. The van der Waals surface area contributed by atoms with Crippen molar-refractivity contribution in [2.24, 2.45) is 5.73 Å². The average molecular weight is 204 g/mol. The van der Waals surface area contributed by atoms with E-state index < -0.39 is 11.9 Å². The second-order valence-electron chi connectivity index (χ2n) is 2.45. The molecule has 70 valence electrons. The first-order valence-corrected chi connectivity index (χ1v) is 3.81. The van der Waals surface area contributed by atoms with Crippen molar-refractivity contribution in [1.82, 2.24) is 0 Å². The van der Waals surface area contributed by atoms with Gasteiger partial charge < -0.3 is 10.5 Å². The molecule has 0 aromatic heterocycles. The third-order valence-corrected chi connectivity index (χ3v) is 1.83. The lowest BCUT2D eigenvalue weighted by Crippen LogP contribution is -2.17. The summed E-state index contributed by atoms with van der Waals surface area (Å²) in [6.45, 7) is 1.66. The largest absolute Gasteiger partial charge is 0.410 e. The van der Waals surface area contributed by atoms with E-state index in [0.717, 1.165) is 6.07 Å². The van der Waals surface area contributed by atoms with Gasteiger partial charge in [0, 0.05) is 5.02 Å². The van der Waals surface area contributed by atoms with Crippen LogP contribution in [-0.4, -0.2) is 6.09 Å². The van der Waals surface area contributed by atoms with Crippen LogP contribution < -0.4 is 10.5 Å². The Morgan fingerprint density at radius 3 is 2.77 bits per heavy atom. The lowest BCUT2D eigenvalue weighted by molar-refractivity contribution is 0.208. The number of hydrogen-bond acceptors (Lipinski definition) is 2. The minimum atomic E-state index is -1.05. The second-order valence-corrected chi connectivity index (χ2v) is 2.86. The standard InChI is InChI=1S/C8H7ClFNO2/c1-4-2-7(13-8(11)12)6(10)3-5(4)9/h2-3H,1H3,(H2,11,12). The van der Waals surface area contributed by atoms with Gasteiger partial charge in [0.15, 0.2) is 11.6 Å². The summed E-state index contributed by atoms with van der Waals surface area (Å²) in [6.07, 6.45) is -1.05. The number of carbonyl (C=O) groups excluding carboxylic acids is 1. The minimum absolute atomic E-state index is 0.214. The number of aryl methyl sites for hydroxylation is 1. The molecule has 1 rings (SSSR count). The summed E-state index contributed by atoms with van der Waals surface area (Å²) in [6, 6.07) is 2.37. The first-order chi connectivity index (χ1) is 6.00. The molecule has 0 aliphatic heterocycles. The van der Waals surface area contributed by atoms with Crippen LogP contribution in [0.25, 0.3) is 0 Å². The molecule has 1 aromatic carbocycles. The summed E-state index contributed by atoms with van der Waals surface area (Å²) in [5.41, 5.74) is 5.33. The number of hydrogen-bond donors (Lipinski definition) is 1. The lowest BCUT2D eigenvalue weighted by Gasteiger charge is -2.04. The zero-order valence-corrected chi connectivity index (χ0v) is 7.56. The Hall–Kier alpha value is -1.29. The molecule has 3 nitrogen and oxygen atoms in total. The molecule has 1 aromatic rings. The zero-order chi connectivity index (χ0) is 10.0. The average Bonchev–Trinajstić information content (AvgIpc) is 1.99. The summed E-state index contributed by atoms with van der Waals surface area (Å²) >= 11 is 5.61. The van der Waals surface area contributed by atoms with Crippen molar-refractivity contribution in [3.63, 3.8) is 0 Å². The Balaban J connectivity index is 3.08. The molecule has 2 N–H and O–H groups in total. The SMILES string of the molecule is Cc1cc(OC(N)=O)c(F)cc1Cl. The number of halogens is 2. The topological polar surface area (TPSA) is 52.3 Å². The van der Waals surface area contributed by atoms with Gasteiger partial charge in [-0.3, -0.25) is 0 Å². The van der Waals surface area contributed by atoms with E-state index in [1.54, 1.807) is 6.92 Å². The van der Waals surface area contributed by atoms with Crippen LogP contribution in [-0.2, 0) is 0 Å². The number of ether oxygens (including phenoxy) is 1. The van der Waals surface area contributed by atoms with E-state index in [2.05, 4.69) is 4.74 Å². The molecule has 0 aliphatic rings. The molecule has 0 unspecified atom stereocenters. The first kappa shape index (κ1) is 9.80. The fourth-order valence-corrected chi connectivity index (χ4v) is 0.968. The van der Waals surface area contributed by atoms with Crippen LogP contribution in [0.5, 0.6) is 5.75 Å². The molecule has 0 radical (unpaired) electrons. The molecule has 0 fully saturated rings. The molecule has 5 heteroatoms. The third-order valence-electron chi connectivity index (χ3n) is 1.42. The zero-order valence-electron chi connectivity index (χ0n) is 6.80. The van der Waals surface area contributed by atoms with Crippen LogP contribution in [0.15, 0.2) is 12.1 Å². The predicted octanol–water partition coefficient (Wildman–Crippen LogP) is 2.25. The van der Waals surface area contributed by atoms with E-state index in [0.29, 0.717) is 5.56 Å². The molecule has 13 heavy (non-hydrogen) atoms. The molecule has 0 aliphatic carbocycles. The van der Waals surface area contributed by atoms with Gasteiger partial charge in [-0.1, -0.05) is 11.6 Å². The predicted molar refractivity (Wildman–Crippen MR) is 46.4 cm³/mol. The van der Waals surface area contributed by atoms with Crippen LogP contribution in [0.2, 0.25) is 5.02 Å². The molecule has 0 spiro atoms. The van der Waals surface area contributed by atoms with Gasteiger partial charge in [0.05, 0.1) is 0 Å². The maximum atomic E-state index is 13.0. The van der Waals surface area contributed by atoms with Gasteiger partial charge in [-0.05, 0) is 24.6 Å². The van der Waals surface area contributed by atoms with Crippen molar-refractivity contribution in [2.75, 3.05) is 0 Å². The number of amides is 1. The number of primary amides is 1. The Bertz CT molecular complexity index is 354. The maximum absolute atomic E-state index is 13.0. The van der Waals surface area contributed by atoms with E-state index >= 15 is 0 Å². The summed E-state index contributed by atoms with van der Waals surface area (Å²) in [5, 5.41) is 0.273. The number of rotatable bonds is 1. The Kier molecular flexibility index (Phi) is 2.72. The number of carbonyl (C=O) groups is 1. The van der Waals surface area contributed by atoms with E-state index in [9.17, 15) is 9.18 Å². The van der Waals surface area contributed by atoms with Gasteiger partial charge in [-0.25, -0.2) is 9.18 Å². The van der Waals surface area contributed by atoms with Gasteiger partial charge in [-0.15, -0.1) is 0 Å². The fraction of sp³-hybridized carbons (Fsp3) is 0.125. The van der Waals surface area contributed by atoms with Crippen molar-refractivity contribution >= 4 is 17.7 Å². The van der Waals surface area contributed by atoms with Gasteiger partial charge in [-0.2, -0.15) is 0 Å². The molecule has 0 atom stereocenters. The first-order valence-electron chi connectivity index (χ1n) is 3.43. The third kappa shape index (κ3) is 2.32. The van der Waals surface area contributed by atoms with Gasteiger partial charge >= 0.3 is 6.09 Å². The van der Waals surface area contributed by atoms with Crippen LogP contribution in [0.1, 0.15) is 5.56 Å². The van der Waals surface area contributed by atoms with Crippen molar-refractivity contribution in [1.29, 1.82) is 0 Å². The quantitative estimate of drug-likeness (QED) is 0.761. The molecule has 1 amide bonds. The maximum Gasteiger partial charge on any atom is 0.410 e. The Labute approximate surface area is 79.2 Å². The highest BCUT2D eigenvalue weighted by molar-refractivity contribution is 6.31. The van der Waals surface area contributed by atoms with Crippen molar-refractivity contribution < 1.29 is 13.9 Å². The lowest BCUT2D eigenvalue weighted by atomic mass is 10.2. The fourth-order valence-electron chi connectivity index (χ4n) is 0.817. The van der Waals surface area contributed by atoms with Crippen molar-refractivity contribution in [2.45, 2.75) is 6.92 Å². The van der Waals surface area contributed by atoms with Gasteiger partial charge in [0.2, 0.25) is 0 Å². The highest BCUT2D eigenvalue weighted by atomic mass is 35.5. The van der Waals surface area contributed by atoms with Crippen LogP contribution in [0, 0.1) is 12.7 Å². The molecule has 0 heterocycles. The van der Waals surface area contributed by atoms with Crippen LogP contribution >= 0.6 is 11.6 Å².